The zero-order chi connectivity index (χ0) is 15.1. The molecule has 1 atom stereocenters. The normalized spacial score (nSPS) is 16.8. The first kappa shape index (κ1) is 16.4. The molecule has 0 aromatic carbocycles. The smallest absolute Gasteiger partial charge is 0.326 e. The Hall–Kier alpha value is -1.63. The largest absolute Gasteiger partial charge is 0.355 e. The minimum Gasteiger partial charge on any atom is -0.355 e. The minimum absolute atomic E-state index is 0.0535. The zero-order valence-electron chi connectivity index (χ0n) is 12.4. The molecule has 0 aliphatic carbocycles. The molecule has 1 saturated heterocycles. The SMILES string of the molecule is CCN[C@H](C)CNC(=O)CCCN1C(=O)CN(C)C1=O. The number of likely N-dealkylation sites (N-methyl/N-ethyl adjacent to an activating group) is 2. The summed E-state index contributed by atoms with van der Waals surface area (Å²) in [6, 6.07) is -0.0458. The number of hydrogen-bond donors (Lipinski definition) is 2. The van der Waals surface area contributed by atoms with Crippen molar-refractivity contribution in [1.82, 2.24) is 20.4 Å². The van der Waals surface area contributed by atoms with Gasteiger partial charge in [0.25, 0.3) is 0 Å². The van der Waals surface area contributed by atoms with Gasteiger partial charge in [-0.2, -0.15) is 0 Å². The summed E-state index contributed by atoms with van der Waals surface area (Å²) in [4.78, 5) is 37.3. The summed E-state index contributed by atoms with van der Waals surface area (Å²) in [7, 11) is 1.59. The molecule has 0 saturated carbocycles. The van der Waals surface area contributed by atoms with Crippen LogP contribution in [0.4, 0.5) is 4.79 Å². The summed E-state index contributed by atoms with van der Waals surface area (Å²) in [5, 5.41) is 6.02. The maximum absolute atomic E-state index is 11.6. The summed E-state index contributed by atoms with van der Waals surface area (Å²) in [6.45, 7) is 5.89. The predicted octanol–water partition coefficient (Wildman–Crippen LogP) is -0.225. The Labute approximate surface area is 119 Å². The zero-order valence-corrected chi connectivity index (χ0v) is 12.4. The molecular weight excluding hydrogens is 260 g/mol. The fraction of sp³-hybridized carbons (Fsp3) is 0.769. The van der Waals surface area contributed by atoms with E-state index in [1.54, 1.807) is 7.05 Å². The maximum atomic E-state index is 11.6. The Morgan fingerprint density at radius 2 is 2.10 bits per heavy atom. The van der Waals surface area contributed by atoms with Crippen LogP contribution in [0.15, 0.2) is 0 Å². The standard InChI is InChI=1S/C13H24N4O3/c1-4-14-10(2)8-15-11(18)6-5-7-17-12(19)9-16(3)13(17)20/h10,14H,4-9H2,1-3H3,(H,15,18)/t10-/m1/s1. The highest BCUT2D eigenvalue weighted by Crippen LogP contribution is 2.08. The van der Waals surface area contributed by atoms with Crippen molar-refractivity contribution in [2.75, 3.05) is 33.2 Å². The second-order valence-electron chi connectivity index (χ2n) is 5.05. The van der Waals surface area contributed by atoms with Gasteiger partial charge in [0, 0.05) is 32.6 Å². The van der Waals surface area contributed by atoms with Crippen LogP contribution in [0.2, 0.25) is 0 Å². The number of rotatable bonds is 8. The Balaban J connectivity index is 2.19. The Morgan fingerprint density at radius 1 is 1.40 bits per heavy atom. The second kappa shape index (κ2) is 7.84. The molecule has 1 rings (SSSR count). The molecule has 20 heavy (non-hydrogen) atoms. The van der Waals surface area contributed by atoms with Gasteiger partial charge in [-0.1, -0.05) is 6.92 Å². The van der Waals surface area contributed by atoms with Gasteiger partial charge in [0.05, 0.1) is 0 Å². The number of carbonyl (C=O) groups excluding carboxylic acids is 3. The van der Waals surface area contributed by atoms with Crippen molar-refractivity contribution in [3.05, 3.63) is 0 Å². The lowest BCUT2D eigenvalue weighted by Gasteiger charge is -2.15. The minimum atomic E-state index is -0.281. The molecule has 0 spiro atoms. The predicted molar refractivity (Wildman–Crippen MR) is 75.1 cm³/mol. The van der Waals surface area contributed by atoms with E-state index in [0.717, 1.165) is 6.54 Å². The highest BCUT2D eigenvalue weighted by atomic mass is 16.2. The number of carbonyl (C=O) groups is 3. The quantitative estimate of drug-likeness (QED) is 0.604. The van der Waals surface area contributed by atoms with Crippen molar-refractivity contribution in [3.8, 4) is 0 Å². The Morgan fingerprint density at radius 3 is 2.65 bits per heavy atom. The van der Waals surface area contributed by atoms with Crippen molar-refractivity contribution >= 4 is 17.8 Å². The van der Waals surface area contributed by atoms with Crippen LogP contribution in [-0.4, -0.2) is 66.9 Å². The molecule has 0 aromatic heterocycles. The van der Waals surface area contributed by atoms with Crippen molar-refractivity contribution < 1.29 is 14.4 Å². The summed E-state index contributed by atoms with van der Waals surface area (Å²) >= 11 is 0. The van der Waals surface area contributed by atoms with E-state index in [1.807, 2.05) is 13.8 Å². The van der Waals surface area contributed by atoms with Gasteiger partial charge >= 0.3 is 6.03 Å². The van der Waals surface area contributed by atoms with E-state index >= 15 is 0 Å². The van der Waals surface area contributed by atoms with Gasteiger partial charge in [-0.15, -0.1) is 0 Å². The number of imide groups is 1. The van der Waals surface area contributed by atoms with Crippen molar-refractivity contribution in [1.29, 1.82) is 0 Å². The van der Waals surface area contributed by atoms with Crippen LogP contribution in [0.5, 0.6) is 0 Å². The lowest BCUT2D eigenvalue weighted by Crippen LogP contribution is -2.39. The van der Waals surface area contributed by atoms with Gasteiger partial charge in [-0.05, 0) is 19.9 Å². The molecule has 1 fully saturated rings. The summed E-state index contributed by atoms with van der Waals surface area (Å²) in [5.41, 5.74) is 0. The average Bonchev–Trinajstić information content (AvgIpc) is 2.63. The van der Waals surface area contributed by atoms with Crippen LogP contribution in [0, 0.1) is 0 Å². The van der Waals surface area contributed by atoms with Crippen LogP contribution in [0.3, 0.4) is 0 Å². The molecule has 1 aliphatic heterocycles. The van der Waals surface area contributed by atoms with Crippen LogP contribution in [0.25, 0.3) is 0 Å². The van der Waals surface area contributed by atoms with Crippen LogP contribution in [0.1, 0.15) is 26.7 Å². The molecule has 7 nitrogen and oxygen atoms in total. The average molecular weight is 284 g/mol. The van der Waals surface area contributed by atoms with Gasteiger partial charge in [0.2, 0.25) is 11.8 Å². The van der Waals surface area contributed by atoms with Gasteiger partial charge in [0.15, 0.2) is 0 Å². The molecule has 114 valence electrons. The van der Waals surface area contributed by atoms with Crippen molar-refractivity contribution in [2.45, 2.75) is 32.7 Å². The van der Waals surface area contributed by atoms with Crippen LogP contribution in [-0.2, 0) is 9.59 Å². The summed E-state index contributed by atoms with van der Waals surface area (Å²) < 4.78 is 0. The van der Waals surface area contributed by atoms with Crippen molar-refractivity contribution in [3.63, 3.8) is 0 Å². The van der Waals surface area contributed by atoms with Gasteiger partial charge < -0.3 is 15.5 Å². The molecule has 7 heteroatoms. The Bertz CT molecular complexity index is 373. The van der Waals surface area contributed by atoms with E-state index < -0.39 is 0 Å². The lowest BCUT2D eigenvalue weighted by molar-refractivity contribution is -0.126. The Kier molecular flexibility index (Phi) is 6.44. The van der Waals surface area contributed by atoms with Gasteiger partial charge in [-0.3, -0.25) is 14.5 Å². The van der Waals surface area contributed by atoms with Gasteiger partial charge in [-0.25, -0.2) is 4.79 Å². The molecular formula is C13H24N4O3. The second-order valence-corrected chi connectivity index (χ2v) is 5.05. The van der Waals surface area contributed by atoms with E-state index in [9.17, 15) is 14.4 Å². The number of amides is 4. The molecule has 1 heterocycles. The highest BCUT2D eigenvalue weighted by molar-refractivity contribution is 6.01. The van der Waals surface area contributed by atoms with Crippen LogP contribution >= 0.6 is 0 Å². The van der Waals surface area contributed by atoms with E-state index in [4.69, 9.17) is 0 Å². The molecule has 0 radical (unpaired) electrons. The fourth-order valence-electron chi connectivity index (χ4n) is 2.06. The van der Waals surface area contributed by atoms with E-state index in [-0.39, 0.29) is 30.4 Å². The fourth-order valence-corrected chi connectivity index (χ4v) is 2.06. The number of nitrogens with zero attached hydrogens (tertiary/aromatic N) is 2. The third-order valence-corrected chi connectivity index (χ3v) is 3.17. The molecule has 0 unspecified atom stereocenters. The summed E-state index contributed by atoms with van der Waals surface area (Å²) in [6.07, 6.45) is 0.812. The number of nitrogens with one attached hydrogen (secondary N) is 2. The highest BCUT2D eigenvalue weighted by Gasteiger charge is 2.32. The van der Waals surface area contributed by atoms with Crippen LogP contribution < -0.4 is 10.6 Å². The first-order valence-corrected chi connectivity index (χ1v) is 7.01. The number of hydrogen-bond acceptors (Lipinski definition) is 4. The van der Waals surface area contributed by atoms with Crippen molar-refractivity contribution in [2.24, 2.45) is 0 Å². The van der Waals surface area contributed by atoms with E-state index in [0.29, 0.717) is 25.9 Å². The third kappa shape index (κ3) is 4.80. The molecule has 0 bridgehead atoms. The maximum Gasteiger partial charge on any atom is 0.326 e. The first-order valence-electron chi connectivity index (χ1n) is 7.01. The molecule has 2 N–H and O–H groups in total. The first-order chi connectivity index (χ1) is 9.45. The summed E-state index contributed by atoms with van der Waals surface area (Å²) in [5.74, 6) is -0.249. The molecule has 1 aliphatic rings. The lowest BCUT2D eigenvalue weighted by atomic mass is 10.2. The molecule has 0 aromatic rings. The monoisotopic (exact) mass is 284 g/mol. The van der Waals surface area contributed by atoms with E-state index in [1.165, 1.54) is 9.80 Å². The molecule has 4 amide bonds. The van der Waals surface area contributed by atoms with Gasteiger partial charge in [0.1, 0.15) is 6.54 Å². The number of urea groups is 1. The third-order valence-electron chi connectivity index (χ3n) is 3.17. The van der Waals surface area contributed by atoms with E-state index in [2.05, 4.69) is 10.6 Å². The topological polar surface area (TPSA) is 81.8 Å².